The van der Waals surface area contributed by atoms with E-state index in [2.05, 4.69) is 44.0 Å². The van der Waals surface area contributed by atoms with Crippen LogP contribution in [-0.4, -0.2) is 10.2 Å². The molecule has 0 saturated carbocycles. The summed E-state index contributed by atoms with van der Waals surface area (Å²) >= 11 is 1.74. The molecule has 0 amide bonds. The summed E-state index contributed by atoms with van der Waals surface area (Å²) in [5, 5.41) is 17.3. The smallest absolute Gasteiger partial charge is 0.226 e. The number of hydrogen-bond donors (Lipinski definition) is 0. The molecular formula is C16H19N3OS. The van der Waals surface area contributed by atoms with Crippen molar-refractivity contribution in [1.82, 2.24) is 10.2 Å². The average molecular weight is 301 g/mol. The zero-order valence-electron chi connectivity index (χ0n) is 12.8. The lowest BCUT2D eigenvalue weighted by Gasteiger charge is -2.11. The van der Waals surface area contributed by atoms with Crippen molar-refractivity contribution in [3.8, 4) is 6.07 Å². The Hall–Kier alpha value is -1.80. The summed E-state index contributed by atoms with van der Waals surface area (Å²) in [7, 11) is 0. The summed E-state index contributed by atoms with van der Waals surface area (Å²) in [6, 6.07) is 9.80. The number of benzene rings is 1. The lowest BCUT2D eigenvalue weighted by molar-refractivity contribution is 0.378. The molecule has 0 N–H and O–H groups in total. The van der Waals surface area contributed by atoms with E-state index in [1.807, 2.05) is 24.3 Å². The summed E-state index contributed by atoms with van der Waals surface area (Å²) in [5.74, 6) is 2.01. The van der Waals surface area contributed by atoms with E-state index in [1.165, 1.54) is 5.56 Å². The fourth-order valence-corrected chi connectivity index (χ4v) is 2.60. The van der Waals surface area contributed by atoms with Crippen molar-refractivity contribution in [2.45, 2.75) is 44.1 Å². The van der Waals surface area contributed by atoms with Crippen LogP contribution >= 0.6 is 11.8 Å². The van der Waals surface area contributed by atoms with Gasteiger partial charge in [-0.2, -0.15) is 5.26 Å². The zero-order chi connectivity index (χ0) is 15.5. The van der Waals surface area contributed by atoms with Gasteiger partial charge in [0.05, 0.1) is 17.4 Å². The maximum Gasteiger partial charge on any atom is 0.226 e. The predicted octanol–water partition coefficient (Wildman–Crippen LogP) is 4.23. The third kappa shape index (κ3) is 4.08. The molecule has 1 heterocycles. The van der Waals surface area contributed by atoms with Crippen molar-refractivity contribution in [2.75, 3.05) is 0 Å². The van der Waals surface area contributed by atoms with Crippen molar-refractivity contribution < 1.29 is 4.42 Å². The van der Waals surface area contributed by atoms with Crippen molar-refractivity contribution in [1.29, 1.82) is 5.26 Å². The molecule has 0 aliphatic carbocycles. The number of hydrogen-bond acceptors (Lipinski definition) is 5. The van der Waals surface area contributed by atoms with E-state index in [-0.39, 0.29) is 5.41 Å². The van der Waals surface area contributed by atoms with Crippen LogP contribution in [0, 0.1) is 11.3 Å². The first-order valence-electron chi connectivity index (χ1n) is 6.84. The highest BCUT2D eigenvalue weighted by Gasteiger charge is 2.21. The standard InChI is InChI=1S/C16H19N3OS/c1-11(13-7-5-12(9-17)6-8-13)21-10-14-18-19-15(20-14)16(2,3)4/h5-8,11H,10H2,1-4H3/t11-/m0/s1. The maximum atomic E-state index is 8.80. The minimum Gasteiger partial charge on any atom is -0.424 e. The fourth-order valence-electron chi connectivity index (χ4n) is 1.74. The summed E-state index contributed by atoms with van der Waals surface area (Å²) in [4.78, 5) is 0. The van der Waals surface area contributed by atoms with Gasteiger partial charge < -0.3 is 4.42 Å². The van der Waals surface area contributed by atoms with Gasteiger partial charge in [0.1, 0.15) is 0 Å². The molecule has 21 heavy (non-hydrogen) atoms. The van der Waals surface area contributed by atoms with Crippen LogP contribution in [0.4, 0.5) is 0 Å². The molecule has 0 fully saturated rings. The molecule has 0 spiro atoms. The summed E-state index contributed by atoms with van der Waals surface area (Å²) < 4.78 is 5.68. The van der Waals surface area contributed by atoms with E-state index in [4.69, 9.17) is 9.68 Å². The van der Waals surface area contributed by atoms with Crippen molar-refractivity contribution in [2.24, 2.45) is 0 Å². The fraction of sp³-hybridized carbons (Fsp3) is 0.438. The van der Waals surface area contributed by atoms with Gasteiger partial charge in [0, 0.05) is 10.7 Å². The van der Waals surface area contributed by atoms with Crippen molar-refractivity contribution in [3.05, 3.63) is 47.2 Å². The number of rotatable bonds is 4. The highest BCUT2D eigenvalue weighted by Crippen LogP contribution is 2.31. The Bertz CT molecular complexity index is 635. The second kappa shape index (κ2) is 6.31. The van der Waals surface area contributed by atoms with E-state index >= 15 is 0 Å². The molecule has 0 aliphatic heterocycles. The Labute approximate surface area is 129 Å². The Morgan fingerprint density at radius 2 is 1.90 bits per heavy atom. The summed E-state index contributed by atoms with van der Waals surface area (Å²) in [6.45, 7) is 8.29. The SMILES string of the molecule is C[C@H](SCc1nnc(C(C)(C)C)o1)c1ccc(C#N)cc1. The molecule has 0 radical (unpaired) electrons. The van der Waals surface area contributed by atoms with Gasteiger partial charge in [-0.1, -0.05) is 32.9 Å². The zero-order valence-corrected chi connectivity index (χ0v) is 13.6. The largest absolute Gasteiger partial charge is 0.424 e. The summed E-state index contributed by atoms with van der Waals surface area (Å²) in [6.07, 6.45) is 0. The van der Waals surface area contributed by atoms with Crippen LogP contribution in [-0.2, 0) is 11.2 Å². The van der Waals surface area contributed by atoms with Crippen LogP contribution in [0.5, 0.6) is 0 Å². The normalized spacial score (nSPS) is 12.9. The quantitative estimate of drug-likeness (QED) is 0.845. The topological polar surface area (TPSA) is 62.7 Å². The predicted molar refractivity (Wildman–Crippen MR) is 83.9 cm³/mol. The first kappa shape index (κ1) is 15.6. The van der Waals surface area contributed by atoms with Gasteiger partial charge in [-0.05, 0) is 24.6 Å². The van der Waals surface area contributed by atoms with Crippen LogP contribution in [0.25, 0.3) is 0 Å². The van der Waals surface area contributed by atoms with Gasteiger partial charge in [0.25, 0.3) is 0 Å². The first-order chi connectivity index (χ1) is 9.90. The third-order valence-electron chi connectivity index (χ3n) is 3.07. The third-order valence-corrected chi connectivity index (χ3v) is 4.26. The highest BCUT2D eigenvalue weighted by atomic mass is 32.2. The molecule has 0 aliphatic rings. The van der Waals surface area contributed by atoms with E-state index in [9.17, 15) is 0 Å². The van der Waals surface area contributed by atoms with Gasteiger partial charge in [-0.25, -0.2) is 0 Å². The number of thioether (sulfide) groups is 1. The lowest BCUT2D eigenvalue weighted by Crippen LogP contribution is -2.11. The Morgan fingerprint density at radius 1 is 1.24 bits per heavy atom. The lowest BCUT2D eigenvalue weighted by atomic mass is 9.97. The molecule has 110 valence electrons. The molecule has 0 bridgehead atoms. The van der Waals surface area contributed by atoms with E-state index in [0.29, 0.717) is 28.3 Å². The van der Waals surface area contributed by atoms with E-state index in [0.717, 1.165) is 0 Å². The van der Waals surface area contributed by atoms with Crippen LogP contribution in [0.2, 0.25) is 0 Å². The Balaban J connectivity index is 1.96. The van der Waals surface area contributed by atoms with Crippen LogP contribution in [0.15, 0.2) is 28.7 Å². The molecule has 1 aromatic carbocycles. The molecular weight excluding hydrogens is 282 g/mol. The van der Waals surface area contributed by atoms with Crippen LogP contribution < -0.4 is 0 Å². The molecule has 1 aromatic heterocycles. The molecule has 4 nitrogen and oxygen atoms in total. The molecule has 5 heteroatoms. The second-order valence-corrected chi connectivity index (χ2v) is 7.27. The molecule has 2 aromatic rings. The Morgan fingerprint density at radius 3 is 2.43 bits per heavy atom. The summed E-state index contributed by atoms with van der Waals surface area (Å²) in [5.41, 5.74) is 1.76. The highest BCUT2D eigenvalue weighted by molar-refractivity contribution is 7.98. The van der Waals surface area contributed by atoms with E-state index < -0.39 is 0 Å². The van der Waals surface area contributed by atoms with Crippen molar-refractivity contribution in [3.63, 3.8) is 0 Å². The van der Waals surface area contributed by atoms with Crippen molar-refractivity contribution >= 4 is 11.8 Å². The molecule has 2 rings (SSSR count). The first-order valence-corrected chi connectivity index (χ1v) is 7.89. The second-order valence-electron chi connectivity index (χ2n) is 5.94. The van der Waals surface area contributed by atoms with Gasteiger partial charge in [-0.3, -0.25) is 0 Å². The number of aromatic nitrogens is 2. The van der Waals surface area contributed by atoms with Gasteiger partial charge in [0.15, 0.2) is 0 Å². The monoisotopic (exact) mass is 301 g/mol. The minimum atomic E-state index is -0.116. The van der Waals surface area contributed by atoms with E-state index in [1.54, 1.807) is 11.8 Å². The Kier molecular flexibility index (Phi) is 4.69. The van der Waals surface area contributed by atoms with Crippen LogP contribution in [0.3, 0.4) is 0 Å². The molecule has 0 unspecified atom stereocenters. The van der Waals surface area contributed by atoms with Gasteiger partial charge >= 0.3 is 0 Å². The maximum absolute atomic E-state index is 8.80. The average Bonchev–Trinajstić information content (AvgIpc) is 2.94. The number of nitrogens with zero attached hydrogens (tertiary/aromatic N) is 3. The molecule has 0 saturated heterocycles. The molecule has 1 atom stereocenters. The minimum absolute atomic E-state index is 0.116. The number of nitriles is 1. The van der Waals surface area contributed by atoms with Gasteiger partial charge in [0.2, 0.25) is 11.8 Å². The van der Waals surface area contributed by atoms with Crippen LogP contribution in [0.1, 0.15) is 55.9 Å². The van der Waals surface area contributed by atoms with Gasteiger partial charge in [-0.15, -0.1) is 22.0 Å².